The maximum atomic E-state index is 14.5. The van der Waals surface area contributed by atoms with E-state index in [1.54, 1.807) is 44.3 Å². The van der Waals surface area contributed by atoms with Gasteiger partial charge in [-0.3, -0.25) is 9.48 Å². The Hall–Kier alpha value is -4.52. The number of hydrogen-bond donors (Lipinski definition) is 2. The van der Waals surface area contributed by atoms with Gasteiger partial charge in [0.05, 0.1) is 21.6 Å². The van der Waals surface area contributed by atoms with E-state index in [0.717, 1.165) is 12.1 Å². The molecule has 16 heteroatoms. The normalized spacial score (nSPS) is 13.3. The summed E-state index contributed by atoms with van der Waals surface area (Å²) in [5, 5.41) is 8.52. The third kappa shape index (κ3) is 10.8. The number of halogens is 6. The Bertz CT molecular complexity index is 2160. The van der Waals surface area contributed by atoms with E-state index in [2.05, 4.69) is 56.1 Å². The van der Waals surface area contributed by atoms with Crippen molar-refractivity contribution >= 4 is 48.6 Å². The van der Waals surface area contributed by atoms with Crippen LogP contribution in [0.4, 0.5) is 32.6 Å². The van der Waals surface area contributed by atoms with Crippen LogP contribution in [0.15, 0.2) is 42.5 Å². The summed E-state index contributed by atoms with van der Waals surface area (Å²) in [6.07, 6.45) is -7.62. The molecule has 9 nitrogen and oxygen atoms in total. The second-order valence-electron chi connectivity index (χ2n) is 16.2. The maximum absolute atomic E-state index is 14.5. The van der Waals surface area contributed by atoms with Crippen molar-refractivity contribution in [3.8, 4) is 23.0 Å². The number of pyridine rings is 1. The molecule has 2 amide bonds. The first-order valence-corrected chi connectivity index (χ1v) is 20.6. The van der Waals surface area contributed by atoms with Gasteiger partial charge in [0.2, 0.25) is 0 Å². The van der Waals surface area contributed by atoms with E-state index in [4.69, 9.17) is 25.7 Å². The SMILES string of the molecule is Cn1nc(NC(=O)C(F)(F)F)c2c(Cl)ccc(-c3ccc(C#CC(C)(C)O[Si](C)(C)C(C)(C)C)nc3[C@H](Cc3cc(F)cc(F)c3)OC(=O)NC(C)(C)C)c21. The summed E-state index contributed by atoms with van der Waals surface area (Å²) in [5.74, 6) is 1.83. The average Bonchev–Trinajstić information content (AvgIpc) is 3.33. The number of alkyl carbamates (subject to hydrolysis) is 1. The van der Waals surface area contributed by atoms with Gasteiger partial charge in [-0.2, -0.15) is 18.3 Å². The molecule has 2 aromatic carbocycles. The second kappa shape index (κ2) is 15.5. The van der Waals surface area contributed by atoms with Gasteiger partial charge in [-0.1, -0.05) is 44.4 Å². The number of nitrogens with zero attached hydrogens (tertiary/aromatic N) is 3. The van der Waals surface area contributed by atoms with Gasteiger partial charge in [0, 0.05) is 36.2 Å². The molecule has 0 fully saturated rings. The quantitative estimate of drug-likeness (QED) is 0.104. The summed E-state index contributed by atoms with van der Waals surface area (Å²) in [6, 6.07) is 9.11. The molecule has 296 valence electrons. The first kappa shape index (κ1) is 43.2. The van der Waals surface area contributed by atoms with E-state index in [1.807, 2.05) is 13.8 Å². The van der Waals surface area contributed by atoms with Crippen LogP contribution in [0.5, 0.6) is 0 Å². The monoisotopic (exact) mass is 805 g/mol. The number of ether oxygens (including phenoxy) is 1. The smallest absolute Gasteiger partial charge is 0.439 e. The van der Waals surface area contributed by atoms with Crippen molar-refractivity contribution in [1.82, 2.24) is 20.1 Å². The van der Waals surface area contributed by atoms with E-state index in [1.165, 1.54) is 17.8 Å². The lowest BCUT2D eigenvalue weighted by Crippen LogP contribution is -2.47. The minimum Gasteiger partial charge on any atom is -0.439 e. The van der Waals surface area contributed by atoms with Gasteiger partial charge in [-0.25, -0.2) is 18.6 Å². The van der Waals surface area contributed by atoms with Crippen LogP contribution in [0.1, 0.15) is 78.4 Å². The number of aryl methyl sites for hydroxylation is 1. The Morgan fingerprint density at radius 2 is 1.55 bits per heavy atom. The van der Waals surface area contributed by atoms with Crippen molar-refractivity contribution in [3.05, 3.63) is 76.1 Å². The van der Waals surface area contributed by atoms with Crippen LogP contribution in [0, 0.1) is 23.5 Å². The highest BCUT2D eigenvalue weighted by Gasteiger charge is 2.41. The molecule has 0 spiro atoms. The number of benzene rings is 2. The maximum Gasteiger partial charge on any atom is 0.471 e. The van der Waals surface area contributed by atoms with Gasteiger partial charge in [-0.05, 0) is 94.6 Å². The van der Waals surface area contributed by atoms with Gasteiger partial charge in [0.15, 0.2) is 20.2 Å². The highest BCUT2D eigenvalue weighted by Crippen LogP contribution is 2.41. The van der Waals surface area contributed by atoms with Gasteiger partial charge in [0.25, 0.3) is 0 Å². The number of anilines is 1. The van der Waals surface area contributed by atoms with Crippen molar-refractivity contribution < 1.29 is 40.7 Å². The van der Waals surface area contributed by atoms with Gasteiger partial charge in [-0.15, -0.1) is 0 Å². The lowest BCUT2D eigenvalue weighted by atomic mass is 9.95. The number of alkyl halides is 3. The number of nitrogens with one attached hydrogen (secondary N) is 2. The van der Waals surface area contributed by atoms with Crippen LogP contribution in [-0.4, -0.2) is 52.4 Å². The molecule has 1 atom stereocenters. The van der Waals surface area contributed by atoms with Crippen molar-refractivity contribution in [1.29, 1.82) is 0 Å². The Morgan fingerprint density at radius 1 is 0.945 bits per heavy atom. The lowest BCUT2D eigenvalue weighted by Gasteiger charge is -2.40. The number of carbonyl (C=O) groups is 2. The summed E-state index contributed by atoms with van der Waals surface area (Å²) in [5.41, 5.74) is -0.362. The molecule has 4 rings (SSSR count). The predicted octanol–water partition coefficient (Wildman–Crippen LogP) is 10.0. The first-order valence-electron chi connectivity index (χ1n) is 17.3. The minimum absolute atomic E-state index is 0.00578. The zero-order valence-corrected chi connectivity index (χ0v) is 34.3. The molecule has 0 aliphatic heterocycles. The average molecular weight is 806 g/mol. The highest BCUT2D eigenvalue weighted by atomic mass is 35.5. The number of carbonyl (C=O) groups excluding carboxylic acids is 2. The Balaban J connectivity index is 2.00. The standard InChI is InChI=1S/C39H45ClF5N5O4Si/c1-36(2,3)48-35(52)53-29(20-22-18-23(41)21-24(42)19-22)31-26(13-12-25(46-31)16-17-38(7,8)54-55(10,11)37(4,5)6)27-14-15-28(40)30-32(27)50(9)49-33(30)47-34(51)39(43,44)45/h12-15,18-19,21,29H,20H2,1-11H3,(H,48,52)(H,47,49,51)/t29-/m0/s1. The summed E-state index contributed by atoms with van der Waals surface area (Å²) in [7, 11) is -0.815. The summed E-state index contributed by atoms with van der Waals surface area (Å²) < 4.78 is 82.6. The number of fused-ring (bicyclic) bond motifs is 1. The second-order valence-corrected chi connectivity index (χ2v) is 21.4. The van der Waals surface area contributed by atoms with Crippen LogP contribution in [-0.2, 0) is 27.4 Å². The fourth-order valence-electron chi connectivity index (χ4n) is 5.51. The third-order valence-electron chi connectivity index (χ3n) is 8.82. The fraction of sp³-hybridized carbons (Fsp3) is 0.436. The van der Waals surface area contributed by atoms with Gasteiger partial charge >= 0.3 is 18.2 Å². The van der Waals surface area contributed by atoms with Gasteiger partial charge in [0.1, 0.15) is 22.9 Å². The van der Waals surface area contributed by atoms with Crippen molar-refractivity contribution in [2.75, 3.05) is 5.32 Å². The number of amides is 2. The molecule has 0 unspecified atom stereocenters. The molecular formula is C39H45ClF5N5O4Si. The Morgan fingerprint density at radius 3 is 2.11 bits per heavy atom. The minimum atomic E-state index is -5.21. The van der Waals surface area contributed by atoms with E-state index in [0.29, 0.717) is 17.2 Å². The molecular weight excluding hydrogens is 761 g/mol. The number of hydrogen-bond acceptors (Lipinski definition) is 6. The predicted molar refractivity (Wildman–Crippen MR) is 205 cm³/mol. The fourth-order valence-corrected chi connectivity index (χ4v) is 7.39. The zero-order chi connectivity index (χ0) is 41.5. The third-order valence-corrected chi connectivity index (χ3v) is 13.8. The highest BCUT2D eigenvalue weighted by molar-refractivity contribution is 6.74. The van der Waals surface area contributed by atoms with Crippen molar-refractivity contribution in [2.24, 2.45) is 7.05 Å². The molecule has 55 heavy (non-hydrogen) atoms. The van der Waals surface area contributed by atoms with Crippen LogP contribution in [0.3, 0.4) is 0 Å². The van der Waals surface area contributed by atoms with Crippen molar-refractivity contribution in [3.63, 3.8) is 0 Å². The topological polar surface area (TPSA) is 107 Å². The molecule has 0 bridgehead atoms. The van der Waals surface area contributed by atoms with Crippen LogP contribution in [0.25, 0.3) is 22.0 Å². The van der Waals surface area contributed by atoms with E-state index in [-0.39, 0.29) is 44.3 Å². The van der Waals surface area contributed by atoms with Gasteiger partial charge < -0.3 is 19.8 Å². The largest absolute Gasteiger partial charge is 0.471 e. The van der Waals surface area contributed by atoms with Crippen LogP contribution in [0.2, 0.25) is 23.2 Å². The Labute approximate surface area is 323 Å². The van der Waals surface area contributed by atoms with Crippen LogP contribution < -0.4 is 10.6 Å². The Kier molecular flexibility index (Phi) is 12.2. The first-order chi connectivity index (χ1) is 25.1. The molecule has 0 aliphatic carbocycles. The molecule has 0 saturated heterocycles. The van der Waals surface area contributed by atoms with Crippen molar-refractivity contribution in [2.45, 2.75) is 103 Å². The number of rotatable bonds is 8. The molecule has 0 radical (unpaired) electrons. The summed E-state index contributed by atoms with van der Waals surface area (Å²) >= 11 is 6.51. The van der Waals surface area contributed by atoms with E-state index in [9.17, 15) is 31.5 Å². The summed E-state index contributed by atoms with van der Waals surface area (Å²) in [6.45, 7) is 19.4. The molecule has 2 N–H and O–H groups in total. The zero-order valence-electron chi connectivity index (χ0n) is 32.6. The molecule has 4 aromatic rings. The molecule has 0 saturated carbocycles. The van der Waals surface area contributed by atoms with Crippen LogP contribution >= 0.6 is 11.6 Å². The molecule has 2 heterocycles. The van der Waals surface area contributed by atoms with E-state index < -0.39 is 61.2 Å². The van der Waals surface area contributed by atoms with E-state index >= 15 is 0 Å². The summed E-state index contributed by atoms with van der Waals surface area (Å²) in [4.78, 5) is 30.1. The number of aromatic nitrogens is 3. The lowest BCUT2D eigenvalue weighted by molar-refractivity contribution is -0.167. The molecule has 0 aliphatic rings. The molecule has 2 aromatic heterocycles.